The summed E-state index contributed by atoms with van der Waals surface area (Å²) >= 11 is 0. The third-order valence-electron chi connectivity index (χ3n) is 1.93. The van der Waals surface area contributed by atoms with E-state index < -0.39 is 6.10 Å². The Labute approximate surface area is 87.3 Å². The molecule has 1 heterocycles. The molecule has 0 aromatic carbocycles. The molecule has 4 N–H and O–H groups in total. The SMILES string of the molecule is CC(O)CCN(C)C(=O)c1nc(N)n[nH]1. The summed E-state index contributed by atoms with van der Waals surface area (Å²) in [5, 5.41) is 15.1. The van der Waals surface area contributed by atoms with Gasteiger partial charge >= 0.3 is 0 Å². The highest BCUT2D eigenvalue weighted by molar-refractivity contribution is 5.90. The number of aromatic nitrogens is 3. The number of nitrogens with zero attached hydrogens (tertiary/aromatic N) is 3. The zero-order valence-corrected chi connectivity index (χ0v) is 8.77. The van der Waals surface area contributed by atoms with Crippen molar-refractivity contribution in [1.29, 1.82) is 0 Å². The van der Waals surface area contributed by atoms with Crippen LogP contribution in [0, 0.1) is 0 Å². The highest BCUT2D eigenvalue weighted by atomic mass is 16.3. The first-order chi connectivity index (χ1) is 7.00. The molecular formula is C8H15N5O2. The van der Waals surface area contributed by atoms with E-state index in [2.05, 4.69) is 15.2 Å². The van der Waals surface area contributed by atoms with Crippen LogP contribution in [-0.2, 0) is 0 Å². The molecule has 1 aromatic heterocycles. The number of rotatable bonds is 4. The second-order valence-corrected chi connectivity index (χ2v) is 3.41. The lowest BCUT2D eigenvalue weighted by molar-refractivity contribution is 0.0757. The fourth-order valence-corrected chi connectivity index (χ4v) is 1.03. The van der Waals surface area contributed by atoms with Crippen LogP contribution < -0.4 is 5.73 Å². The quantitative estimate of drug-likeness (QED) is 0.608. The number of aliphatic hydroxyl groups is 1. The second-order valence-electron chi connectivity index (χ2n) is 3.41. The number of hydrogen-bond donors (Lipinski definition) is 3. The van der Waals surface area contributed by atoms with E-state index in [1.54, 1.807) is 14.0 Å². The Balaban J connectivity index is 2.53. The van der Waals surface area contributed by atoms with Gasteiger partial charge in [0.2, 0.25) is 11.8 Å². The number of hydrogen-bond acceptors (Lipinski definition) is 5. The van der Waals surface area contributed by atoms with E-state index in [1.165, 1.54) is 4.90 Å². The van der Waals surface area contributed by atoms with Gasteiger partial charge in [-0.1, -0.05) is 0 Å². The fraction of sp³-hybridized carbons (Fsp3) is 0.625. The molecule has 7 nitrogen and oxygen atoms in total. The van der Waals surface area contributed by atoms with Crippen LogP contribution in [0.3, 0.4) is 0 Å². The predicted octanol–water partition coefficient (Wildman–Crippen LogP) is -0.770. The van der Waals surface area contributed by atoms with Gasteiger partial charge in [-0.2, -0.15) is 4.98 Å². The monoisotopic (exact) mass is 213 g/mol. The third kappa shape index (κ3) is 3.21. The van der Waals surface area contributed by atoms with E-state index in [9.17, 15) is 4.79 Å². The van der Waals surface area contributed by atoms with E-state index in [0.29, 0.717) is 13.0 Å². The summed E-state index contributed by atoms with van der Waals surface area (Å²) in [4.78, 5) is 16.8. The molecule has 84 valence electrons. The van der Waals surface area contributed by atoms with Gasteiger partial charge in [0, 0.05) is 13.6 Å². The first kappa shape index (κ1) is 11.4. The van der Waals surface area contributed by atoms with E-state index in [-0.39, 0.29) is 17.7 Å². The van der Waals surface area contributed by atoms with Crippen molar-refractivity contribution in [3.8, 4) is 0 Å². The number of H-pyrrole nitrogens is 1. The molecule has 15 heavy (non-hydrogen) atoms. The zero-order chi connectivity index (χ0) is 11.4. The number of anilines is 1. The number of nitrogens with one attached hydrogen (secondary N) is 1. The first-order valence-corrected chi connectivity index (χ1v) is 4.62. The van der Waals surface area contributed by atoms with Gasteiger partial charge in [-0.15, -0.1) is 5.10 Å². The molecule has 0 saturated heterocycles. The van der Waals surface area contributed by atoms with E-state index in [0.717, 1.165) is 0 Å². The minimum Gasteiger partial charge on any atom is -0.393 e. The van der Waals surface area contributed by atoms with E-state index in [1.807, 2.05) is 0 Å². The van der Waals surface area contributed by atoms with Crippen LogP contribution in [0.5, 0.6) is 0 Å². The van der Waals surface area contributed by atoms with Crippen molar-refractivity contribution in [2.24, 2.45) is 0 Å². The van der Waals surface area contributed by atoms with Gasteiger partial charge < -0.3 is 15.7 Å². The molecule has 0 fully saturated rings. The van der Waals surface area contributed by atoms with Crippen molar-refractivity contribution in [3.05, 3.63) is 5.82 Å². The Morgan fingerprint density at radius 2 is 2.40 bits per heavy atom. The maximum absolute atomic E-state index is 11.6. The highest BCUT2D eigenvalue weighted by Crippen LogP contribution is 2.00. The number of nitrogen functional groups attached to an aromatic ring is 1. The summed E-state index contributed by atoms with van der Waals surface area (Å²) in [6.07, 6.45) is 0.0892. The molecule has 0 bridgehead atoms. The normalized spacial score (nSPS) is 12.5. The Bertz CT molecular complexity index is 336. The van der Waals surface area contributed by atoms with Gasteiger partial charge in [0.15, 0.2) is 0 Å². The summed E-state index contributed by atoms with van der Waals surface area (Å²) in [6, 6.07) is 0. The van der Waals surface area contributed by atoms with Crippen molar-refractivity contribution in [3.63, 3.8) is 0 Å². The number of amides is 1. The molecular weight excluding hydrogens is 198 g/mol. The van der Waals surface area contributed by atoms with Gasteiger partial charge in [-0.3, -0.25) is 9.89 Å². The largest absolute Gasteiger partial charge is 0.393 e. The number of aromatic amines is 1. The van der Waals surface area contributed by atoms with Gasteiger partial charge in [0.05, 0.1) is 6.10 Å². The lowest BCUT2D eigenvalue weighted by atomic mass is 10.3. The molecule has 0 aliphatic rings. The van der Waals surface area contributed by atoms with E-state index >= 15 is 0 Å². The molecule has 0 radical (unpaired) electrons. The number of carbonyl (C=O) groups is 1. The lowest BCUT2D eigenvalue weighted by Gasteiger charge is -2.16. The highest BCUT2D eigenvalue weighted by Gasteiger charge is 2.15. The van der Waals surface area contributed by atoms with Crippen LogP contribution in [-0.4, -0.2) is 50.8 Å². The molecule has 0 aliphatic carbocycles. The number of carbonyl (C=O) groups excluding carboxylic acids is 1. The summed E-state index contributed by atoms with van der Waals surface area (Å²) in [5.74, 6) is -0.136. The molecule has 0 aliphatic heterocycles. The standard InChI is InChI=1S/C8H15N5O2/c1-5(14)3-4-13(2)7(15)6-10-8(9)12-11-6/h5,14H,3-4H2,1-2H3,(H3,9,10,11,12). The molecule has 0 spiro atoms. The summed E-state index contributed by atoms with van der Waals surface area (Å²) in [6.45, 7) is 2.13. The minimum absolute atomic E-state index is 0.0438. The Morgan fingerprint density at radius 1 is 1.73 bits per heavy atom. The maximum Gasteiger partial charge on any atom is 0.290 e. The summed E-state index contributed by atoms with van der Waals surface area (Å²) in [7, 11) is 1.63. The van der Waals surface area contributed by atoms with Crippen molar-refractivity contribution in [2.45, 2.75) is 19.4 Å². The maximum atomic E-state index is 11.6. The molecule has 7 heteroatoms. The average Bonchev–Trinajstić information content (AvgIpc) is 2.60. The summed E-state index contributed by atoms with van der Waals surface area (Å²) < 4.78 is 0. The third-order valence-corrected chi connectivity index (χ3v) is 1.93. The van der Waals surface area contributed by atoms with Crippen LogP contribution in [0.15, 0.2) is 0 Å². The zero-order valence-electron chi connectivity index (χ0n) is 8.77. The predicted molar refractivity (Wildman–Crippen MR) is 54.1 cm³/mol. The Hall–Kier alpha value is -1.63. The molecule has 1 unspecified atom stereocenters. The fourth-order valence-electron chi connectivity index (χ4n) is 1.03. The van der Waals surface area contributed by atoms with Gasteiger partial charge in [0.25, 0.3) is 5.91 Å². The number of aliphatic hydroxyl groups excluding tert-OH is 1. The average molecular weight is 213 g/mol. The minimum atomic E-state index is -0.431. The first-order valence-electron chi connectivity index (χ1n) is 4.62. The molecule has 1 aromatic rings. The van der Waals surface area contributed by atoms with Gasteiger partial charge in [-0.25, -0.2) is 0 Å². The molecule has 1 amide bonds. The Morgan fingerprint density at radius 3 is 2.87 bits per heavy atom. The molecule has 1 atom stereocenters. The van der Waals surface area contributed by atoms with Crippen LogP contribution in [0.2, 0.25) is 0 Å². The lowest BCUT2D eigenvalue weighted by Crippen LogP contribution is -2.30. The van der Waals surface area contributed by atoms with Crippen molar-refractivity contribution in [1.82, 2.24) is 20.1 Å². The van der Waals surface area contributed by atoms with E-state index in [4.69, 9.17) is 10.8 Å². The summed E-state index contributed by atoms with van der Waals surface area (Å²) in [5.41, 5.74) is 5.27. The smallest absolute Gasteiger partial charge is 0.290 e. The van der Waals surface area contributed by atoms with Crippen LogP contribution in [0.25, 0.3) is 0 Å². The topological polar surface area (TPSA) is 108 Å². The van der Waals surface area contributed by atoms with Gasteiger partial charge in [-0.05, 0) is 13.3 Å². The van der Waals surface area contributed by atoms with Gasteiger partial charge in [0.1, 0.15) is 0 Å². The number of nitrogens with two attached hydrogens (primary N) is 1. The van der Waals surface area contributed by atoms with Crippen LogP contribution in [0.4, 0.5) is 5.95 Å². The van der Waals surface area contributed by atoms with Crippen LogP contribution >= 0.6 is 0 Å². The molecule has 1 rings (SSSR count). The van der Waals surface area contributed by atoms with Crippen molar-refractivity contribution < 1.29 is 9.90 Å². The Kier molecular flexibility index (Phi) is 3.62. The van der Waals surface area contributed by atoms with Crippen LogP contribution in [0.1, 0.15) is 24.0 Å². The van der Waals surface area contributed by atoms with Crippen molar-refractivity contribution >= 4 is 11.9 Å². The van der Waals surface area contributed by atoms with Crippen molar-refractivity contribution in [2.75, 3.05) is 19.3 Å². The second kappa shape index (κ2) is 4.74. The molecule has 0 saturated carbocycles.